The van der Waals surface area contributed by atoms with Crippen LogP contribution >= 0.6 is 0 Å². The number of aromatic nitrogens is 1. The van der Waals surface area contributed by atoms with Crippen molar-refractivity contribution in [2.24, 2.45) is 5.41 Å². The number of ether oxygens (including phenoxy) is 1. The molecular formula is C12H16N2O3. The Balaban J connectivity index is 1.86. The maximum Gasteiger partial charge on any atom is 0.354 e. The van der Waals surface area contributed by atoms with Crippen LogP contribution in [0.2, 0.25) is 0 Å². The first kappa shape index (κ1) is 12.0. The fourth-order valence-corrected chi connectivity index (χ4v) is 1.74. The number of rotatable bonds is 5. The minimum atomic E-state index is -0.994. The minimum absolute atomic E-state index is 0.0856. The number of hydrogen-bond acceptors (Lipinski definition) is 4. The smallest absolute Gasteiger partial charge is 0.354 e. The molecule has 0 aromatic carbocycles. The molecule has 1 aliphatic heterocycles. The van der Waals surface area contributed by atoms with Gasteiger partial charge in [-0.15, -0.1) is 0 Å². The van der Waals surface area contributed by atoms with Crippen LogP contribution in [0.15, 0.2) is 18.2 Å². The molecule has 0 bridgehead atoms. The van der Waals surface area contributed by atoms with Gasteiger partial charge in [-0.3, -0.25) is 0 Å². The lowest BCUT2D eigenvalue weighted by atomic mass is 9.89. The van der Waals surface area contributed by atoms with Gasteiger partial charge in [-0.2, -0.15) is 0 Å². The Morgan fingerprint density at radius 2 is 2.35 bits per heavy atom. The summed E-state index contributed by atoms with van der Waals surface area (Å²) < 4.78 is 5.16. The third-order valence-corrected chi connectivity index (χ3v) is 2.78. The molecule has 0 aliphatic carbocycles. The van der Waals surface area contributed by atoms with Crippen molar-refractivity contribution < 1.29 is 14.6 Å². The van der Waals surface area contributed by atoms with Gasteiger partial charge in [0.25, 0.3) is 0 Å². The molecular weight excluding hydrogens is 220 g/mol. The zero-order valence-electron chi connectivity index (χ0n) is 9.77. The second-order valence-corrected chi connectivity index (χ2v) is 4.73. The van der Waals surface area contributed by atoms with Crippen molar-refractivity contribution in [3.8, 4) is 0 Å². The molecule has 5 heteroatoms. The maximum atomic E-state index is 10.7. The molecule has 0 unspecified atom stereocenters. The maximum absolute atomic E-state index is 10.7. The van der Waals surface area contributed by atoms with Crippen LogP contribution in [0, 0.1) is 5.41 Å². The Morgan fingerprint density at radius 1 is 1.59 bits per heavy atom. The molecule has 2 rings (SSSR count). The van der Waals surface area contributed by atoms with Gasteiger partial charge in [-0.1, -0.05) is 13.0 Å². The number of nitrogens with one attached hydrogen (secondary N) is 1. The fourth-order valence-electron chi connectivity index (χ4n) is 1.74. The molecule has 2 N–H and O–H groups in total. The van der Waals surface area contributed by atoms with E-state index in [0.717, 1.165) is 25.5 Å². The van der Waals surface area contributed by atoms with E-state index in [-0.39, 0.29) is 11.1 Å². The first-order valence-electron chi connectivity index (χ1n) is 5.57. The van der Waals surface area contributed by atoms with Crippen molar-refractivity contribution in [2.75, 3.05) is 19.8 Å². The Bertz CT molecular complexity index is 416. The molecule has 1 aromatic heterocycles. The number of hydrogen-bond donors (Lipinski definition) is 2. The third kappa shape index (κ3) is 3.01. The number of carboxylic acid groups (broad SMARTS) is 1. The lowest BCUT2D eigenvalue weighted by Gasteiger charge is -2.38. The van der Waals surface area contributed by atoms with E-state index in [1.165, 1.54) is 6.07 Å². The molecule has 1 aromatic rings. The number of pyridine rings is 1. The van der Waals surface area contributed by atoms with E-state index in [9.17, 15) is 4.79 Å². The Hall–Kier alpha value is -1.46. The highest BCUT2D eigenvalue weighted by molar-refractivity contribution is 5.85. The molecule has 17 heavy (non-hydrogen) atoms. The summed E-state index contributed by atoms with van der Waals surface area (Å²) in [5.41, 5.74) is 1.04. The highest BCUT2D eigenvalue weighted by Crippen LogP contribution is 2.25. The van der Waals surface area contributed by atoms with E-state index in [0.29, 0.717) is 6.54 Å². The van der Waals surface area contributed by atoms with Crippen LogP contribution in [0.3, 0.4) is 0 Å². The summed E-state index contributed by atoms with van der Waals surface area (Å²) >= 11 is 0. The van der Waals surface area contributed by atoms with Gasteiger partial charge in [-0.25, -0.2) is 9.78 Å². The molecule has 1 fully saturated rings. The second kappa shape index (κ2) is 4.81. The van der Waals surface area contributed by atoms with Crippen molar-refractivity contribution in [3.63, 3.8) is 0 Å². The topological polar surface area (TPSA) is 71.5 Å². The largest absolute Gasteiger partial charge is 0.477 e. The lowest BCUT2D eigenvalue weighted by Crippen LogP contribution is -2.47. The molecule has 92 valence electrons. The first-order chi connectivity index (χ1) is 8.09. The number of carboxylic acids is 1. The fraction of sp³-hybridized carbons (Fsp3) is 0.500. The summed E-state index contributed by atoms with van der Waals surface area (Å²) in [6.45, 7) is 5.15. The van der Waals surface area contributed by atoms with Crippen LogP contribution in [0.1, 0.15) is 23.1 Å². The summed E-state index contributed by atoms with van der Waals surface area (Å²) in [6, 6.07) is 5.02. The predicted molar refractivity (Wildman–Crippen MR) is 61.8 cm³/mol. The number of aromatic carboxylic acids is 1. The second-order valence-electron chi connectivity index (χ2n) is 4.73. The van der Waals surface area contributed by atoms with E-state index < -0.39 is 5.97 Å². The molecule has 0 saturated carbocycles. The average molecular weight is 236 g/mol. The highest BCUT2D eigenvalue weighted by Gasteiger charge is 2.32. The molecule has 5 nitrogen and oxygen atoms in total. The normalized spacial score (nSPS) is 17.5. The van der Waals surface area contributed by atoms with Crippen LogP contribution < -0.4 is 5.32 Å². The van der Waals surface area contributed by atoms with Gasteiger partial charge >= 0.3 is 5.97 Å². The van der Waals surface area contributed by atoms with E-state index in [1.54, 1.807) is 6.07 Å². The highest BCUT2D eigenvalue weighted by atomic mass is 16.5. The molecule has 0 atom stereocenters. The zero-order chi connectivity index (χ0) is 12.3. The van der Waals surface area contributed by atoms with Gasteiger partial charge in [0, 0.05) is 18.5 Å². The molecule has 2 heterocycles. The standard InChI is InChI=1S/C12H16N2O3/c1-12(7-17-8-12)6-13-5-9-3-2-4-10(14-9)11(15)16/h2-4,13H,5-8H2,1H3,(H,15,16). The molecule has 1 aliphatic rings. The van der Waals surface area contributed by atoms with Crippen LogP contribution in [0.5, 0.6) is 0 Å². The predicted octanol–water partition coefficient (Wildman–Crippen LogP) is 0.906. The molecule has 0 amide bonds. The van der Waals surface area contributed by atoms with E-state index in [2.05, 4.69) is 17.2 Å². The summed E-state index contributed by atoms with van der Waals surface area (Å²) in [5.74, 6) is -0.994. The van der Waals surface area contributed by atoms with Gasteiger partial charge in [-0.05, 0) is 12.1 Å². The van der Waals surface area contributed by atoms with Crippen molar-refractivity contribution >= 4 is 5.97 Å². The summed E-state index contributed by atoms with van der Waals surface area (Å²) in [4.78, 5) is 14.8. The average Bonchev–Trinajstić information content (AvgIpc) is 2.27. The van der Waals surface area contributed by atoms with Crippen molar-refractivity contribution in [3.05, 3.63) is 29.6 Å². The zero-order valence-corrected chi connectivity index (χ0v) is 9.77. The van der Waals surface area contributed by atoms with Gasteiger partial charge in [0.2, 0.25) is 0 Å². The van der Waals surface area contributed by atoms with E-state index in [4.69, 9.17) is 9.84 Å². The van der Waals surface area contributed by atoms with Crippen LogP contribution in [-0.2, 0) is 11.3 Å². The van der Waals surface area contributed by atoms with Gasteiger partial charge in [0.15, 0.2) is 0 Å². The quantitative estimate of drug-likeness (QED) is 0.795. The Morgan fingerprint density at radius 3 is 2.94 bits per heavy atom. The Kier molecular flexibility index (Phi) is 3.40. The minimum Gasteiger partial charge on any atom is -0.477 e. The van der Waals surface area contributed by atoms with E-state index >= 15 is 0 Å². The molecule has 0 radical (unpaired) electrons. The summed E-state index contributed by atoms with van der Waals surface area (Å²) in [7, 11) is 0. The number of nitrogens with zero attached hydrogens (tertiary/aromatic N) is 1. The van der Waals surface area contributed by atoms with Gasteiger partial charge in [0.1, 0.15) is 5.69 Å². The summed E-state index contributed by atoms with van der Waals surface area (Å²) in [5, 5.41) is 12.1. The van der Waals surface area contributed by atoms with E-state index in [1.807, 2.05) is 6.07 Å². The SMILES string of the molecule is CC1(CNCc2cccc(C(=O)O)n2)COC1. The molecule has 0 spiro atoms. The lowest BCUT2D eigenvalue weighted by molar-refractivity contribution is -0.0991. The van der Waals surface area contributed by atoms with Crippen molar-refractivity contribution in [2.45, 2.75) is 13.5 Å². The Labute approximate surface area is 99.8 Å². The van der Waals surface area contributed by atoms with Crippen LogP contribution in [0.25, 0.3) is 0 Å². The first-order valence-corrected chi connectivity index (χ1v) is 5.57. The van der Waals surface area contributed by atoms with Crippen molar-refractivity contribution in [1.29, 1.82) is 0 Å². The van der Waals surface area contributed by atoms with Gasteiger partial charge in [0.05, 0.1) is 18.9 Å². The monoisotopic (exact) mass is 236 g/mol. The van der Waals surface area contributed by atoms with Crippen LogP contribution in [-0.4, -0.2) is 35.8 Å². The summed E-state index contributed by atoms with van der Waals surface area (Å²) in [6.07, 6.45) is 0. The molecule has 1 saturated heterocycles. The van der Waals surface area contributed by atoms with Crippen LogP contribution in [0.4, 0.5) is 0 Å². The van der Waals surface area contributed by atoms with Gasteiger partial charge < -0.3 is 15.2 Å². The number of carbonyl (C=O) groups is 1. The third-order valence-electron chi connectivity index (χ3n) is 2.78. The van der Waals surface area contributed by atoms with Crippen molar-refractivity contribution in [1.82, 2.24) is 10.3 Å².